The van der Waals surface area contributed by atoms with Gasteiger partial charge in [0.15, 0.2) is 0 Å². The van der Waals surface area contributed by atoms with Gasteiger partial charge in [0.05, 0.1) is 18.8 Å². The fraction of sp³-hybridized carbons (Fsp3) is 0.975. The van der Waals surface area contributed by atoms with Crippen molar-refractivity contribution in [2.24, 2.45) is 0 Å². The molecule has 0 spiro atoms. The quantitative estimate of drug-likeness (QED) is 0.0428. The van der Waals surface area contributed by atoms with E-state index < -0.39 is 36.9 Å². The molecule has 6 heteroatoms. The van der Waals surface area contributed by atoms with Crippen LogP contribution in [-0.2, 0) is 4.79 Å². The smallest absolute Gasteiger partial charge is 0.249 e. The van der Waals surface area contributed by atoms with E-state index >= 15 is 0 Å². The lowest BCUT2D eigenvalue weighted by Crippen LogP contribution is -2.53. The Morgan fingerprint density at radius 3 is 1.04 bits per heavy atom. The number of carbonyl (C=O) groups excluding carboxylic acids is 1. The van der Waals surface area contributed by atoms with E-state index in [1.807, 2.05) is 0 Å². The van der Waals surface area contributed by atoms with E-state index in [1.165, 1.54) is 154 Å². The van der Waals surface area contributed by atoms with Gasteiger partial charge in [0.1, 0.15) is 12.2 Å². The molecule has 0 aromatic rings. The molecule has 0 rings (SSSR count). The molecule has 1 amide bonds. The van der Waals surface area contributed by atoms with Crippen molar-refractivity contribution in [3.05, 3.63) is 0 Å². The molecule has 0 bridgehead atoms. The average Bonchev–Trinajstić information content (AvgIpc) is 3.06. The number of rotatable bonds is 37. The van der Waals surface area contributed by atoms with E-state index in [2.05, 4.69) is 19.2 Å². The van der Waals surface area contributed by atoms with E-state index in [1.54, 1.807) is 0 Å². The molecule has 0 aromatic heterocycles. The Morgan fingerprint density at radius 1 is 0.457 bits per heavy atom. The van der Waals surface area contributed by atoms with Gasteiger partial charge in [0.25, 0.3) is 0 Å². The van der Waals surface area contributed by atoms with Crippen LogP contribution in [0, 0.1) is 0 Å². The maximum atomic E-state index is 12.4. The predicted octanol–water partition coefficient (Wildman–Crippen LogP) is 10.1. The Kier molecular flexibility index (Phi) is 35.1. The van der Waals surface area contributed by atoms with Crippen molar-refractivity contribution in [1.29, 1.82) is 0 Å². The molecular formula is C40H81NO5. The first-order valence-corrected chi connectivity index (χ1v) is 20.4. The summed E-state index contributed by atoms with van der Waals surface area (Å²) in [6.07, 6.45) is 35.5. The molecule has 0 aliphatic carbocycles. The number of carbonyl (C=O) groups is 1. The van der Waals surface area contributed by atoms with E-state index in [9.17, 15) is 25.2 Å². The molecule has 0 fully saturated rings. The van der Waals surface area contributed by atoms with E-state index in [-0.39, 0.29) is 0 Å². The van der Waals surface area contributed by atoms with Gasteiger partial charge < -0.3 is 25.7 Å². The summed E-state index contributed by atoms with van der Waals surface area (Å²) < 4.78 is 0. The van der Waals surface area contributed by atoms with Gasteiger partial charge in [0, 0.05) is 0 Å². The van der Waals surface area contributed by atoms with Crippen LogP contribution in [0.3, 0.4) is 0 Å². The van der Waals surface area contributed by atoms with Crippen molar-refractivity contribution in [1.82, 2.24) is 5.32 Å². The van der Waals surface area contributed by atoms with Gasteiger partial charge in [-0.3, -0.25) is 4.79 Å². The first kappa shape index (κ1) is 45.3. The largest absolute Gasteiger partial charge is 0.394 e. The molecular weight excluding hydrogens is 574 g/mol. The zero-order chi connectivity index (χ0) is 33.9. The summed E-state index contributed by atoms with van der Waals surface area (Å²) in [6.45, 7) is 4.04. The van der Waals surface area contributed by atoms with Crippen LogP contribution in [0.5, 0.6) is 0 Å². The third kappa shape index (κ3) is 29.4. The van der Waals surface area contributed by atoms with Gasteiger partial charge in [-0.05, 0) is 12.8 Å². The molecule has 4 unspecified atom stereocenters. The zero-order valence-electron chi connectivity index (χ0n) is 30.8. The van der Waals surface area contributed by atoms with Crippen LogP contribution in [0.1, 0.15) is 219 Å². The number of unbranched alkanes of at least 4 members (excludes halogenated alkanes) is 28. The third-order valence-corrected chi connectivity index (χ3v) is 9.82. The molecule has 276 valence electrons. The molecule has 4 atom stereocenters. The highest BCUT2D eigenvalue weighted by Crippen LogP contribution is 2.17. The summed E-state index contributed by atoms with van der Waals surface area (Å²) in [5.41, 5.74) is 0. The second-order valence-electron chi connectivity index (χ2n) is 14.3. The number of aliphatic hydroxyl groups is 4. The van der Waals surface area contributed by atoms with Crippen molar-refractivity contribution in [2.45, 2.75) is 244 Å². The Hall–Kier alpha value is -0.690. The van der Waals surface area contributed by atoms with Gasteiger partial charge in [-0.1, -0.05) is 206 Å². The van der Waals surface area contributed by atoms with Crippen molar-refractivity contribution in [3.8, 4) is 0 Å². The highest BCUT2D eigenvalue weighted by Gasteiger charge is 2.28. The Balaban J connectivity index is 3.72. The lowest BCUT2D eigenvalue weighted by Gasteiger charge is -2.27. The molecule has 46 heavy (non-hydrogen) atoms. The fourth-order valence-corrected chi connectivity index (χ4v) is 6.52. The second-order valence-corrected chi connectivity index (χ2v) is 14.3. The second kappa shape index (κ2) is 35.6. The van der Waals surface area contributed by atoms with Crippen molar-refractivity contribution in [2.75, 3.05) is 6.61 Å². The fourth-order valence-electron chi connectivity index (χ4n) is 6.52. The predicted molar refractivity (Wildman–Crippen MR) is 196 cm³/mol. The lowest BCUT2D eigenvalue weighted by atomic mass is 9.99. The van der Waals surface area contributed by atoms with Crippen LogP contribution in [0.2, 0.25) is 0 Å². The molecule has 0 aromatic carbocycles. The lowest BCUT2D eigenvalue weighted by molar-refractivity contribution is -0.132. The molecule has 0 saturated carbocycles. The molecule has 6 nitrogen and oxygen atoms in total. The Morgan fingerprint density at radius 2 is 0.739 bits per heavy atom. The first-order chi connectivity index (χ1) is 22.5. The summed E-state index contributed by atoms with van der Waals surface area (Å²) in [6, 6.07) is -0.977. The van der Waals surface area contributed by atoms with Gasteiger partial charge in [-0.2, -0.15) is 0 Å². The van der Waals surface area contributed by atoms with E-state index in [0.29, 0.717) is 12.8 Å². The monoisotopic (exact) mass is 656 g/mol. The first-order valence-electron chi connectivity index (χ1n) is 20.4. The highest BCUT2D eigenvalue weighted by atomic mass is 16.3. The molecule has 0 aliphatic heterocycles. The van der Waals surface area contributed by atoms with Gasteiger partial charge in [-0.15, -0.1) is 0 Å². The minimum atomic E-state index is -1.25. The molecule has 5 N–H and O–H groups in total. The Labute approximate surface area is 286 Å². The molecule has 0 saturated heterocycles. The molecule has 0 aliphatic rings. The van der Waals surface area contributed by atoms with Crippen molar-refractivity contribution >= 4 is 5.91 Å². The van der Waals surface area contributed by atoms with Crippen LogP contribution >= 0.6 is 0 Å². The third-order valence-electron chi connectivity index (χ3n) is 9.82. The number of hydrogen-bond donors (Lipinski definition) is 5. The normalized spacial score (nSPS) is 14.3. The van der Waals surface area contributed by atoms with E-state index in [0.717, 1.165) is 38.5 Å². The maximum Gasteiger partial charge on any atom is 0.249 e. The molecule has 0 radical (unpaired) electrons. The van der Waals surface area contributed by atoms with Crippen LogP contribution < -0.4 is 5.32 Å². The average molecular weight is 656 g/mol. The topological polar surface area (TPSA) is 110 Å². The number of aliphatic hydroxyl groups excluding tert-OH is 4. The Bertz CT molecular complexity index is 618. The minimum absolute atomic E-state index is 0.374. The van der Waals surface area contributed by atoms with Crippen LogP contribution in [0.25, 0.3) is 0 Å². The number of amides is 1. The highest BCUT2D eigenvalue weighted by molar-refractivity contribution is 5.80. The summed E-state index contributed by atoms with van der Waals surface area (Å²) in [7, 11) is 0. The van der Waals surface area contributed by atoms with Gasteiger partial charge in [0.2, 0.25) is 5.91 Å². The number of nitrogens with one attached hydrogen (secondary N) is 1. The summed E-state index contributed by atoms with van der Waals surface area (Å²) in [4.78, 5) is 12.4. The summed E-state index contributed by atoms with van der Waals surface area (Å²) >= 11 is 0. The van der Waals surface area contributed by atoms with Crippen molar-refractivity contribution < 1.29 is 25.2 Å². The SMILES string of the molecule is CCCCCCCCCCCCCCCCCCCCC(O)C(O)C(CO)NC(=O)C(O)CCCCCCCCCCCCCC. The van der Waals surface area contributed by atoms with Gasteiger partial charge >= 0.3 is 0 Å². The summed E-state index contributed by atoms with van der Waals surface area (Å²) in [5, 5.41) is 43.5. The minimum Gasteiger partial charge on any atom is -0.394 e. The van der Waals surface area contributed by atoms with Gasteiger partial charge in [-0.25, -0.2) is 0 Å². The zero-order valence-corrected chi connectivity index (χ0v) is 30.8. The molecule has 0 heterocycles. The van der Waals surface area contributed by atoms with Crippen LogP contribution in [0.4, 0.5) is 0 Å². The van der Waals surface area contributed by atoms with E-state index in [4.69, 9.17) is 0 Å². The number of hydrogen-bond acceptors (Lipinski definition) is 5. The summed E-state index contributed by atoms with van der Waals surface area (Å²) in [5.74, 6) is -0.582. The van der Waals surface area contributed by atoms with Crippen LogP contribution in [-0.4, -0.2) is 57.3 Å². The van der Waals surface area contributed by atoms with Crippen LogP contribution in [0.15, 0.2) is 0 Å². The van der Waals surface area contributed by atoms with Crippen molar-refractivity contribution in [3.63, 3.8) is 0 Å². The standard InChI is InChI=1S/C40H81NO5/c1-3-5-7-9-11-13-15-17-18-19-20-21-22-24-25-27-29-31-33-37(43)39(45)36(35-42)41-40(46)38(44)34-32-30-28-26-23-16-14-12-10-8-6-4-2/h36-39,42-45H,3-35H2,1-2H3,(H,41,46). The maximum absolute atomic E-state index is 12.4.